The molecule has 0 bridgehead atoms. The highest BCUT2D eigenvalue weighted by Crippen LogP contribution is 2.26. The maximum atomic E-state index is 11.9. The van der Waals surface area contributed by atoms with Gasteiger partial charge in [-0.1, -0.05) is 61.2 Å². The molecule has 0 heterocycles. The second kappa shape index (κ2) is 11.0. The summed E-state index contributed by atoms with van der Waals surface area (Å²) in [7, 11) is 0. The van der Waals surface area contributed by atoms with Crippen molar-refractivity contribution in [3.8, 4) is 0 Å². The van der Waals surface area contributed by atoms with E-state index < -0.39 is 11.8 Å². The molecular weight excluding hydrogens is 374 g/mol. The van der Waals surface area contributed by atoms with Gasteiger partial charge in [0, 0.05) is 24.8 Å². The van der Waals surface area contributed by atoms with Crippen LogP contribution in [0, 0.1) is 0 Å². The van der Waals surface area contributed by atoms with Gasteiger partial charge in [-0.3, -0.25) is 9.59 Å². The molecule has 0 aromatic heterocycles. The van der Waals surface area contributed by atoms with Crippen LogP contribution in [-0.2, 0) is 9.59 Å². The van der Waals surface area contributed by atoms with Crippen LogP contribution in [-0.4, -0.2) is 24.9 Å². The van der Waals surface area contributed by atoms with Crippen LogP contribution in [0.4, 0.5) is 0 Å². The molecule has 1 unspecified atom stereocenters. The monoisotopic (exact) mass is 405 g/mol. The summed E-state index contributed by atoms with van der Waals surface area (Å²) in [5, 5.41) is 11.1. The SMILES string of the molecule is C=C(NC(C)c1cccc2ccccc12)C(=C/C)/C(=C\C)CNC(=O)C(=O)NCC. The molecule has 0 fully saturated rings. The first-order valence-electron chi connectivity index (χ1n) is 10.2. The Hall–Kier alpha value is -3.34. The maximum absolute atomic E-state index is 11.9. The Balaban J connectivity index is 2.11. The van der Waals surface area contributed by atoms with E-state index in [2.05, 4.69) is 59.8 Å². The number of carbonyl (C=O) groups excluding carboxylic acids is 2. The van der Waals surface area contributed by atoms with Gasteiger partial charge in [-0.25, -0.2) is 0 Å². The normalized spacial score (nSPS) is 12.9. The van der Waals surface area contributed by atoms with Gasteiger partial charge in [0.15, 0.2) is 0 Å². The summed E-state index contributed by atoms with van der Waals surface area (Å²) in [6.07, 6.45) is 3.88. The van der Waals surface area contributed by atoms with Crippen molar-refractivity contribution in [3.63, 3.8) is 0 Å². The van der Waals surface area contributed by atoms with E-state index >= 15 is 0 Å². The number of nitrogens with one attached hydrogen (secondary N) is 3. The van der Waals surface area contributed by atoms with E-state index in [1.165, 1.54) is 16.3 Å². The summed E-state index contributed by atoms with van der Waals surface area (Å²) in [6.45, 7) is 12.6. The molecule has 0 saturated heterocycles. The molecule has 2 amide bonds. The molecule has 30 heavy (non-hydrogen) atoms. The predicted octanol–water partition coefficient (Wildman–Crippen LogP) is 4.15. The van der Waals surface area contributed by atoms with Gasteiger partial charge < -0.3 is 16.0 Å². The van der Waals surface area contributed by atoms with E-state index in [1.54, 1.807) is 6.92 Å². The lowest BCUT2D eigenvalue weighted by Crippen LogP contribution is -2.40. The molecule has 158 valence electrons. The maximum Gasteiger partial charge on any atom is 0.309 e. The van der Waals surface area contributed by atoms with E-state index in [9.17, 15) is 9.59 Å². The van der Waals surface area contributed by atoms with Crippen molar-refractivity contribution in [2.24, 2.45) is 0 Å². The van der Waals surface area contributed by atoms with Gasteiger partial charge in [-0.05, 0) is 55.2 Å². The highest BCUT2D eigenvalue weighted by Gasteiger charge is 2.16. The van der Waals surface area contributed by atoms with Crippen LogP contribution in [0.15, 0.2) is 78.0 Å². The van der Waals surface area contributed by atoms with Crippen LogP contribution < -0.4 is 16.0 Å². The van der Waals surface area contributed by atoms with Gasteiger partial charge in [0.05, 0.1) is 0 Å². The fraction of sp³-hybridized carbons (Fsp3) is 0.280. The van der Waals surface area contributed by atoms with Crippen LogP contribution in [0.3, 0.4) is 0 Å². The first-order chi connectivity index (χ1) is 14.4. The van der Waals surface area contributed by atoms with Gasteiger partial charge >= 0.3 is 11.8 Å². The molecule has 2 aromatic rings. The average Bonchev–Trinajstić information content (AvgIpc) is 2.75. The third-order valence-electron chi connectivity index (χ3n) is 4.97. The molecule has 2 aromatic carbocycles. The summed E-state index contributed by atoms with van der Waals surface area (Å²) in [4.78, 5) is 23.6. The zero-order chi connectivity index (χ0) is 22.1. The lowest BCUT2D eigenvalue weighted by Gasteiger charge is -2.22. The van der Waals surface area contributed by atoms with E-state index in [0.29, 0.717) is 6.54 Å². The first kappa shape index (κ1) is 22.9. The molecule has 0 saturated carbocycles. The van der Waals surface area contributed by atoms with E-state index in [1.807, 2.05) is 38.1 Å². The molecule has 2 rings (SSSR count). The molecule has 0 aliphatic heterocycles. The smallest absolute Gasteiger partial charge is 0.309 e. The Morgan fingerprint density at radius 3 is 2.33 bits per heavy atom. The van der Waals surface area contributed by atoms with Crippen LogP contribution in [0.25, 0.3) is 10.8 Å². The van der Waals surface area contributed by atoms with Crippen molar-refractivity contribution in [2.75, 3.05) is 13.1 Å². The van der Waals surface area contributed by atoms with Crippen molar-refractivity contribution in [2.45, 2.75) is 33.7 Å². The summed E-state index contributed by atoms with van der Waals surface area (Å²) in [5.41, 5.74) is 3.74. The first-order valence-corrected chi connectivity index (χ1v) is 10.2. The number of rotatable bonds is 8. The number of hydrogen-bond acceptors (Lipinski definition) is 3. The van der Waals surface area contributed by atoms with Crippen molar-refractivity contribution in [1.29, 1.82) is 0 Å². The Morgan fingerprint density at radius 1 is 1.00 bits per heavy atom. The number of benzene rings is 2. The second-order valence-electron chi connectivity index (χ2n) is 6.97. The summed E-state index contributed by atoms with van der Waals surface area (Å²) in [6, 6.07) is 14.6. The third-order valence-corrected chi connectivity index (χ3v) is 4.97. The number of hydrogen-bond donors (Lipinski definition) is 3. The van der Waals surface area contributed by atoms with Crippen LogP contribution in [0.2, 0.25) is 0 Å². The van der Waals surface area contributed by atoms with E-state index in [0.717, 1.165) is 16.8 Å². The predicted molar refractivity (Wildman–Crippen MR) is 124 cm³/mol. The van der Waals surface area contributed by atoms with Gasteiger partial charge in [0.1, 0.15) is 0 Å². The fourth-order valence-corrected chi connectivity index (χ4v) is 3.45. The molecule has 0 radical (unpaired) electrons. The average molecular weight is 406 g/mol. The molecule has 1 atom stereocenters. The van der Waals surface area contributed by atoms with Crippen LogP contribution in [0.5, 0.6) is 0 Å². The molecule has 0 aliphatic rings. The number of amides is 2. The van der Waals surface area contributed by atoms with Crippen LogP contribution >= 0.6 is 0 Å². The molecule has 5 nitrogen and oxygen atoms in total. The number of likely N-dealkylation sites (N-methyl/N-ethyl adjacent to an activating group) is 1. The van der Waals surface area contributed by atoms with Crippen molar-refractivity contribution < 1.29 is 9.59 Å². The third kappa shape index (κ3) is 5.60. The second-order valence-corrected chi connectivity index (χ2v) is 6.97. The van der Waals surface area contributed by atoms with Gasteiger partial charge in [0.2, 0.25) is 0 Å². The molecule has 0 spiro atoms. The van der Waals surface area contributed by atoms with Gasteiger partial charge in [-0.15, -0.1) is 0 Å². The Bertz CT molecular complexity index is 984. The minimum absolute atomic E-state index is 0.0431. The lowest BCUT2D eigenvalue weighted by molar-refractivity contribution is -0.139. The van der Waals surface area contributed by atoms with Crippen molar-refractivity contribution >= 4 is 22.6 Å². The van der Waals surface area contributed by atoms with E-state index in [-0.39, 0.29) is 12.6 Å². The molecule has 5 heteroatoms. The van der Waals surface area contributed by atoms with Crippen molar-refractivity contribution in [1.82, 2.24) is 16.0 Å². The highest BCUT2D eigenvalue weighted by atomic mass is 16.2. The quantitative estimate of drug-likeness (QED) is 0.456. The molecule has 0 aliphatic carbocycles. The highest BCUT2D eigenvalue weighted by molar-refractivity contribution is 6.35. The number of carbonyl (C=O) groups is 2. The summed E-state index contributed by atoms with van der Waals surface area (Å²) in [5.74, 6) is -1.27. The summed E-state index contributed by atoms with van der Waals surface area (Å²) < 4.78 is 0. The van der Waals surface area contributed by atoms with Crippen LogP contribution in [0.1, 0.15) is 39.3 Å². The largest absolute Gasteiger partial charge is 0.378 e. The molecule has 3 N–H and O–H groups in total. The molecular formula is C25H31N3O2. The van der Waals surface area contributed by atoms with E-state index in [4.69, 9.17) is 0 Å². The van der Waals surface area contributed by atoms with Gasteiger partial charge in [-0.2, -0.15) is 0 Å². The standard InChI is InChI=1S/C25H31N3O2/c1-6-19(16-27-25(30)24(29)26-8-3)21(7-2)17(4)28-18(5)22-15-11-13-20-12-9-10-14-23(20)22/h6-7,9-15,18,28H,4,8,16H2,1-3,5H3,(H,26,29)(H,27,30)/b19-6-,21-7-. The Labute approximate surface area is 178 Å². The topological polar surface area (TPSA) is 70.2 Å². The Morgan fingerprint density at radius 2 is 1.67 bits per heavy atom. The number of fused-ring (bicyclic) bond motifs is 1. The zero-order valence-corrected chi connectivity index (χ0v) is 18.2. The van der Waals surface area contributed by atoms with Crippen molar-refractivity contribution in [3.05, 3.63) is 83.6 Å². The Kier molecular flexibility index (Phi) is 8.41. The number of allylic oxidation sites excluding steroid dienone is 3. The minimum Gasteiger partial charge on any atom is -0.378 e. The zero-order valence-electron chi connectivity index (χ0n) is 18.2. The van der Waals surface area contributed by atoms with Gasteiger partial charge in [0.25, 0.3) is 0 Å². The summed E-state index contributed by atoms with van der Waals surface area (Å²) >= 11 is 0. The fourth-order valence-electron chi connectivity index (χ4n) is 3.45. The minimum atomic E-state index is -0.644. The lowest BCUT2D eigenvalue weighted by atomic mass is 9.98.